The van der Waals surface area contributed by atoms with E-state index in [9.17, 15) is 32.2 Å². The zero-order valence-corrected chi connectivity index (χ0v) is 15.2. The summed E-state index contributed by atoms with van der Waals surface area (Å²) in [6.45, 7) is 0. The monoisotopic (exact) mass is 407 g/mol. The SMILES string of the molecule is Bc1c(F)c(O)c(C#N)c(O)c1Oc1ccc2c3c1C(B)CC3C(F)(F)C2(F)F. The topological polar surface area (TPSA) is 73.5 Å². The first-order valence-corrected chi connectivity index (χ1v) is 8.69. The molecule has 4 rings (SSSR count). The van der Waals surface area contributed by atoms with Crippen LogP contribution in [0.25, 0.3) is 0 Å². The van der Waals surface area contributed by atoms with Crippen LogP contribution in [0.1, 0.15) is 40.4 Å². The number of benzene rings is 2. The van der Waals surface area contributed by atoms with Gasteiger partial charge in [-0.15, -0.1) is 0 Å². The van der Waals surface area contributed by atoms with Gasteiger partial charge < -0.3 is 14.9 Å². The van der Waals surface area contributed by atoms with Crippen molar-refractivity contribution in [3.8, 4) is 29.1 Å². The summed E-state index contributed by atoms with van der Waals surface area (Å²) in [6.07, 6.45) is -0.219. The molecule has 0 amide bonds. The molecule has 2 aliphatic rings. The smallest absolute Gasteiger partial charge is 0.336 e. The molecule has 0 saturated carbocycles. The molecule has 0 radical (unpaired) electrons. The van der Waals surface area contributed by atoms with E-state index in [4.69, 9.17) is 10.00 Å². The molecule has 4 nitrogen and oxygen atoms in total. The van der Waals surface area contributed by atoms with Crippen LogP contribution in [-0.2, 0) is 5.92 Å². The van der Waals surface area contributed by atoms with E-state index in [0.29, 0.717) is 0 Å². The van der Waals surface area contributed by atoms with Gasteiger partial charge in [-0.2, -0.15) is 22.8 Å². The van der Waals surface area contributed by atoms with Crippen LogP contribution in [-0.4, -0.2) is 31.8 Å². The van der Waals surface area contributed by atoms with Gasteiger partial charge in [0, 0.05) is 5.56 Å². The van der Waals surface area contributed by atoms with E-state index in [0.717, 1.165) is 12.1 Å². The summed E-state index contributed by atoms with van der Waals surface area (Å²) in [5.74, 6) is -14.5. The third-order valence-electron chi connectivity index (χ3n) is 5.76. The number of halogens is 5. The first-order chi connectivity index (χ1) is 13.4. The Bertz CT molecular complexity index is 1120. The quantitative estimate of drug-likeness (QED) is 0.591. The molecule has 2 N–H and O–H groups in total. The Kier molecular flexibility index (Phi) is 3.89. The summed E-state index contributed by atoms with van der Waals surface area (Å²) in [7, 11) is 2.76. The van der Waals surface area contributed by atoms with Crippen LogP contribution >= 0.6 is 0 Å². The predicted molar refractivity (Wildman–Crippen MR) is 96.6 cm³/mol. The average Bonchev–Trinajstić information content (AvgIpc) is 3.08. The van der Waals surface area contributed by atoms with Gasteiger partial charge in [0.1, 0.15) is 33.1 Å². The fourth-order valence-electron chi connectivity index (χ4n) is 4.31. The van der Waals surface area contributed by atoms with Crippen LogP contribution in [0.4, 0.5) is 22.0 Å². The molecule has 0 saturated heterocycles. The van der Waals surface area contributed by atoms with Gasteiger partial charge in [-0.1, -0.05) is 0 Å². The maximum atomic E-state index is 14.3. The van der Waals surface area contributed by atoms with Crippen molar-refractivity contribution in [3.05, 3.63) is 40.2 Å². The number of phenolic OH excluding ortho intramolecular Hbond substituents is 2. The zero-order chi connectivity index (χ0) is 21.5. The van der Waals surface area contributed by atoms with E-state index in [-0.39, 0.29) is 28.8 Å². The summed E-state index contributed by atoms with van der Waals surface area (Å²) < 4.78 is 76.9. The molecule has 11 heteroatoms. The molecule has 0 spiro atoms. The van der Waals surface area contributed by atoms with Crippen molar-refractivity contribution in [3.63, 3.8) is 0 Å². The second-order valence-electron chi connectivity index (χ2n) is 7.38. The first kappa shape index (κ1) is 19.4. The summed E-state index contributed by atoms with van der Waals surface area (Å²) in [5.41, 5.74) is -1.92. The highest BCUT2D eigenvalue weighted by Crippen LogP contribution is 2.66. The summed E-state index contributed by atoms with van der Waals surface area (Å²) in [6, 6.07) is 3.36. The van der Waals surface area contributed by atoms with E-state index in [1.54, 1.807) is 7.85 Å². The predicted octanol–water partition coefficient (Wildman–Crippen LogP) is 2.06. The van der Waals surface area contributed by atoms with Gasteiger partial charge in [0.2, 0.25) is 0 Å². The van der Waals surface area contributed by atoms with Crippen molar-refractivity contribution in [1.29, 1.82) is 5.26 Å². The number of nitrogens with zero attached hydrogens (tertiary/aromatic N) is 1. The normalized spacial score (nSPS) is 22.9. The molecule has 2 aromatic carbocycles. The molecular formula is C18H12B2F5NO3. The molecule has 0 fully saturated rings. The maximum Gasteiger partial charge on any atom is 0.336 e. The average molecular weight is 407 g/mol. The second-order valence-corrected chi connectivity index (χ2v) is 7.38. The minimum Gasteiger partial charge on any atom is -0.504 e. The number of nitriles is 1. The lowest BCUT2D eigenvalue weighted by Crippen LogP contribution is -2.36. The second kappa shape index (κ2) is 5.81. The van der Waals surface area contributed by atoms with Crippen LogP contribution in [0.2, 0.25) is 0 Å². The van der Waals surface area contributed by atoms with Crippen molar-refractivity contribution >= 4 is 21.2 Å². The third kappa shape index (κ3) is 2.26. The molecular weight excluding hydrogens is 395 g/mol. The van der Waals surface area contributed by atoms with Gasteiger partial charge in [0.25, 0.3) is 0 Å². The molecule has 2 aromatic rings. The Morgan fingerprint density at radius 3 is 2.41 bits per heavy atom. The number of ether oxygens (including phenoxy) is 1. The molecule has 29 heavy (non-hydrogen) atoms. The van der Waals surface area contributed by atoms with Gasteiger partial charge >= 0.3 is 11.8 Å². The van der Waals surface area contributed by atoms with Crippen molar-refractivity contribution in [2.45, 2.75) is 30.0 Å². The Morgan fingerprint density at radius 2 is 1.79 bits per heavy atom. The lowest BCUT2D eigenvalue weighted by molar-refractivity contribution is -0.215. The molecule has 0 aromatic heterocycles. The number of rotatable bonds is 2. The number of hydrogen-bond donors (Lipinski definition) is 2. The van der Waals surface area contributed by atoms with E-state index in [1.165, 1.54) is 13.9 Å². The number of hydrogen-bond acceptors (Lipinski definition) is 4. The lowest BCUT2D eigenvalue weighted by atomic mass is 9.79. The Morgan fingerprint density at radius 1 is 1.14 bits per heavy atom. The Hall–Kier alpha value is -2.89. The lowest BCUT2D eigenvalue weighted by Gasteiger charge is -2.24. The van der Waals surface area contributed by atoms with Crippen molar-refractivity contribution in [1.82, 2.24) is 0 Å². The van der Waals surface area contributed by atoms with E-state index in [2.05, 4.69) is 0 Å². The van der Waals surface area contributed by atoms with Gasteiger partial charge in [0.05, 0.1) is 5.92 Å². The van der Waals surface area contributed by atoms with Crippen LogP contribution in [0.3, 0.4) is 0 Å². The van der Waals surface area contributed by atoms with E-state index >= 15 is 0 Å². The molecule has 0 bridgehead atoms. The Labute approximate surface area is 163 Å². The van der Waals surface area contributed by atoms with Crippen LogP contribution in [0, 0.1) is 17.1 Å². The maximum absolute atomic E-state index is 14.3. The van der Waals surface area contributed by atoms with Gasteiger partial charge in [-0.25, -0.2) is 4.39 Å². The van der Waals surface area contributed by atoms with Gasteiger partial charge in [-0.05, 0) is 41.0 Å². The molecule has 2 unspecified atom stereocenters. The van der Waals surface area contributed by atoms with E-state index in [1.807, 2.05) is 0 Å². The summed E-state index contributed by atoms with van der Waals surface area (Å²) in [5, 5.41) is 28.9. The largest absolute Gasteiger partial charge is 0.504 e. The molecule has 0 heterocycles. The highest BCUT2D eigenvalue weighted by Gasteiger charge is 2.70. The summed E-state index contributed by atoms with van der Waals surface area (Å²) in [4.78, 5) is 0. The highest BCUT2D eigenvalue weighted by molar-refractivity contribution is 6.35. The van der Waals surface area contributed by atoms with Gasteiger partial charge in [-0.3, -0.25) is 0 Å². The standard InChI is InChI=1S/C18H12B2F5NO3/c19-8-3-7-10-6(17(22,23)18(7,24)25)1-2-9(11(8)10)29-16-12(20)13(21)14(27)5(4-26)15(16)28/h1-2,7-8,27-28H,3,19-20H2. The minimum absolute atomic E-state index is 0.0976. The fraction of sp³-hybridized carbons (Fsp3) is 0.278. The van der Waals surface area contributed by atoms with Gasteiger partial charge in [0.15, 0.2) is 23.1 Å². The molecule has 148 valence electrons. The highest BCUT2D eigenvalue weighted by atomic mass is 19.3. The van der Waals surface area contributed by atoms with Crippen molar-refractivity contribution in [2.24, 2.45) is 0 Å². The third-order valence-corrected chi connectivity index (χ3v) is 5.76. The minimum atomic E-state index is -4.32. The van der Waals surface area contributed by atoms with E-state index < -0.39 is 57.8 Å². The molecule has 0 aliphatic heterocycles. The fourth-order valence-corrected chi connectivity index (χ4v) is 4.31. The number of aromatic hydroxyl groups is 2. The van der Waals surface area contributed by atoms with Crippen molar-refractivity contribution < 1.29 is 36.9 Å². The number of phenols is 2. The molecule has 2 aliphatic carbocycles. The Balaban J connectivity index is 1.91. The molecule has 2 atom stereocenters. The van der Waals surface area contributed by atoms with Crippen LogP contribution in [0.5, 0.6) is 23.0 Å². The van der Waals surface area contributed by atoms with Crippen LogP contribution < -0.4 is 10.2 Å². The summed E-state index contributed by atoms with van der Waals surface area (Å²) >= 11 is 0. The van der Waals surface area contributed by atoms with Crippen LogP contribution in [0.15, 0.2) is 12.1 Å². The zero-order valence-electron chi connectivity index (χ0n) is 15.2. The first-order valence-electron chi connectivity index (χ1n) is 8.69. The number of alkyl halides is 4. The van der Waals surface area contributed by atoms with Crippen molar-refractivity contribution in [2.75, 3.05) is 0 Å².